The van der Waals surface area contributed by atoms with Crippen LogP contribution in [0.5, 0.6) is 0 Å². The zero-order chi connectivity index (χ0) is 12.2. The lowest BCUT2D eigenvalue weighted by Gasteiger charge is -2.45. The van der Waals surface area contributed by atoms with E-state index in [2.05, 4.69) is 31.6 Å². The van der Waals surface area contributed by atoms with Crippen molar-refractivity contribution in [3.05, 3.63) is 0 Å². The second kappa shape index (κ2) is 3.23. The second-order valence-electron chi connectivity index (χ2n) is 5.79. The van der Waals surface area contributed by atoms with Crippen molar-refractivity contribution in [3.8, 4) is 0 Å². The van der Waals surface area contributed by atoms with Crippen molar-refractivity contribution in [2.75, 3.05) is 19.0 Å². The van der Waals surface area contributed by atoms with Crippen molar-refractivity contribution in [1.29, 1.82) is 0 Å². The molecular formula is C11H20N2O2S. The second-order valence-corrected chi connectivity index (χ2v) is 8.39. The van der Waals surface area contributed by atoms with E-state index in [1.54, 1.807) is 0 Å². The minimum absolute atomic E-state index is 0.104. The number of hydrogen-bond donors (Lipinski definition) is 1. The zero-order valence-electron chi connectivity index (χ0n) is 10.2. The van der Waals surface area contributed by atoms with Crippen LogP contribution in [0.1, 0.15) is 20.8 Å². The number of hydrogen-bond acceptors (Lipinski definition) is 4. The molecule has 0 aromatic carbocycles. The van der Waals surface area contributed by atoms with Crippen LogP contribution in [0.3, 0.4) is 0 Å². The van der Waals surface area contributed by atoms with Gasteiger partial charge in [0.15, 0.2) is 0 Å². The van der Waals surface area contributed by atoms with Gasteiger partial charge in [0.2, 0.25) is 0 Å². The Kier molecular flexibility index (Phi) is 2.41. The first-order valence-corrected chi connectivity index (χ1v) is 7.41. The fourth-order valence-corrected chi connectivity index (χ4v) is 4.94. The molecule has 16 heavy (non-hydrogen) atoms. The molecule has 0 spiro atoms. The van der Waals surface area contributed by atoms with E-state index in [9.17, 15) is 4.21 Å². The van der Waals surface area contributed by atoms with Crippen molar-refractivity contribution in [3.63, 3.8) is 0 Å². The normalized spacial score (nSPS) is 43.9. The molecule has 0 aromatic rings. The average molecular weight is 244 g/mol. The SMILES string of the molecule is C=S1(=O)CC(N)=NC2(C(C)(C)C)COCC21. The van der Waals surface area contributed by atoms with Gasteiger partial charge in [-0.2, -0.15) is 0 Å². The molecule has 2 heterocycles. The Bertz CT molecular complexity index is 433. The topological polar surface area (TPSA) is 64.7 Å². The molecule has 0 saturated carbocycles. The highest BCUT2D eigenvalue weighted by molar-refractivity contribution is 8.01. The summed E-state index contributed by atoms with van der Waals surface area (Å²) in [6.07, 6.45) is 0. The van der Waals surface area contributed by atoms with E-state index in [-0.39, 0.29) is 10.7 Å². The van der Waals surface area contributed by atoms with Crippen LogP contribution in [0.15, 0.2) is 4.99 Å². The van der Waals surface area contributed by atoms with E-state index in [1.165, 1.54) is 0 Å². The van der Waals surface area contributed by atoms with Gasteiger partial charge in [-0.1, -0.05) is 20.8 Å². The Morgan fingerprint density at radius 2 is 2.25 bits per heavy atom. The van der Waals surface area contributed by atoms with Crippen molar-refractivity contribution in [1.82, 2.24) is 0 Å². The Morgan fingerprint density at radius 1 is 1.62 bits per heavy atom. The smallest absolute Gasteiger partial charge is 0.107 e. The van der Waals surface area contributed by atoms with Gasteiger partial charge in [0, 0.05) is 0 Å². The van der Waals surface area contributed by atoms with Crippen LogP contribution in [-0.2, 0) is 14.3 Å². The van der Waals surface area contributed by atoms with Crippen LogP contribution in [0.4, 0.5) is 0 Å². The van der Waals surface area contributed by atoms with Gasteiger partial charge in [0.1, 0.15) is 11.4 Å². The Morgan fingerprint density at radius 3 is 2.81 bits per heavy atom. The van der Waals surface area contributed by atoms with Gasteiger partial charge in [-0.15, -0.1) is 0 Å². The Hall–Kier alpha value is -0.550. The molecule has 0 radical (unpaired) electrons. The highest BCUT2D eigenvalue weighted by atomic mass is 32.2. The van der Waals surface area contributed by atoms with Gasteiger partial charge in [0.05, 0.1) is 24.2 Å². The van der Waals surface area contributed by atoms with E-state index in [0.29, 0.717) is 24.8 Å². The van der Waals surface area contributed by atoms with E-state index in [4.69, 9.17) is 10.5 Å². The maximum absolute atomic E-state index is 12.5. The molecule has 1 saturated heterocycles. The van der Waals surface area contributed by atoms with Crippen LogP contribution in [-0.4, -0.2) is 45.7 Å². The quantitative estimate of drug-likeness (QED) is 0.622. The molecule has 2 N–H and O–H groups in total. The maximum Gasteiger partial charge on any atom is 0.107 e. The van der Waals surface area contributed by atoms with Crippen molar-refractivity contribution >= 4 is 21.2 Å². The monoisotopic (exact) mass is 244 g/mol. The molecular weight excluding hydrogens is 224 g/mol. The maximum atomic E-state index is 12.5. The molecule has 1 fully saturated rings. The molecule has 3 unspecified atom stereocenters. The fraction of sp³-hybridized carbons (Fsp3) is 0.818. The van der Waals surface area contributed by atoms with Gasteiger partial charge in [-0.05, 0) is 20.8 Å². The number of rotatable bonds is 0. The number of aliphatic imine (C=N–C) groups is 1. The van der Waals surface area contributed by atoms with E-state index in [1.807, 2.05) is 0 Å². The average Bonchev–Trinajstić information content (AvgIpc) is 2.46. The number of fused-ring (bicyclic) bond motifs is 1. The van der Waals surface area contributed by atoms with Gasteiger partial charge in [-0.25, -0.2) is 0 Å². The van der Waals surface area contributed by atoms with Crippen LogP contribution in [0.2, 0.25) is 0 Å². The predicted molar refractivity (Wildman–Crippen MR) is 68.5 cm³/mol. The molecule has 0 aromatic heterocycles. The summed E-state index contributed by atoms with van der Waals surface area (Å²) in [5.41, 5.74) is 5.23. The number of ether oxygens (including phenoxy) is 1. The van der Waals surface area contributed by atoms with E-state index in [0.717, 1.165) is 0 Å². The van der Waals surface area contributed by atoms with Crippen LogP contribution < -0.4 is 5.73 Å². The summed E-state index contributed by atoms with van der Waals surface area (Å²) in [5, 5.41) is -0.104. The molecule has 2 aliphatic rings. The lowest BCUT2D eigenvalue weighted by Crippen LogP contribution is -2.58. The molecule has 0 amide bonds. The standard InChI is InChI=1S/C11H20N2O2S/c1-10(2,3)11-7-15-5-8(11)16(4,14)6-9(12)13-11/h8H,4-7H2,1-3H3,(H2,12,13). The minimum Gasteiger partial charge on any atom is -0.387 e. The first kappa shape index (κ1) is 11.9. The van der Waals surface area contributed by atoms with Gasteiger partial charge < -0.3 is 10.5 Å². The Balaban J connectivity index is 2.62. The summed E-state index contributed by atoms with van der Waals surface area (Å²) in [7, 11) is -2.23. The lowest BCUT2D eigenvalue weighted by atomic mass is 9.73. The highest BCUT2D eigenvalue weighted by Crippen LogP contribution is 2.45. The summed E-state index contributed by atoms with van der Waals surface area (Å²) < 4.78 is 18.1. The molecule has 92 valence electrons. The molecule has 3 atom stereocenters. The van der Waals surface area contributed by atoms with Crippen LogP contribution in [0, 0.1) is 5.41 Å². The van der Waals surface area contributed by atoms with Crippen molar-refractivity contribution < 1.29 is 8.95 Å². The summed E-state index contributed by atoms with van der Waals surface area (Å²) in [4.78, 5) is 4.59. The van der Waals surface area contributed by atoms with E-state index < -0.39 is 15.1 Å². The molecule has 0 aliphatic carbocycles. The van der Waals surface area contributed by atoms with Crippen LogP contribution in [0.25, 0.3) is 0 Å². The number of amidine groups is 1. The summed E-state index contributed by atoms with van der Waals surface area (Å²) in [6, 6.07) is 0. The number of nitrogens with two attached hydrogens (primary N) is 1. The van der Waals surface area contributed by atoms with E-state index >= 15 is 0 Å². The molecule has 4 nitrogen and oxygen atoms in total. The summed E-state index contributed by atoms with van der Waals surface area (Å²) in [5.74, 6) is 4.63. The molecule has 5 heteroatoms. The van der Waals surface area contributed by atoms with Crippen LogP contribution >= 0.6 is 0 Å². The van der Waals surface area contributed by atoms with Crippen molar-refractivity contribution in [2.45, 2.75) is 31.6 Å². The molecule has 2 aliphatic heterocycles. The molecule has 0 bridgehead atoms. The summed E-state index contributed by atoms with van der Waals surface area (Å²) in [6.45, 7) is 7.25. The minimum atomic E-state index is -2.23. The van der Waals surface area contributed by atoms with Crippen molar-refractivity contribution in [2.24, 2.45) is 16.1 Å². The highest BCUT2D eigenvalue weighted by Gasteiger charge is 2.57. The number of nitrogens with zero attached hydrogens (tertiary/aromatic N) is 1. The summed E-state index contributed by atoms with van der Waals surface area (Å²) >= 11 is 0. The van der Waals surface area contributed by atoms with Gasteiger partial charge in [0.25, 0.3) is 0 Å². The zero-order valence-corrected chi connectivity index (χ0v) is 11.0. The fourth-order valence-electron chi connectivity index (χ4n) is 2.64. The third kappa shape index (κ3) is 1.49. The lowest BCUT2D eigenvalue weighted by molar-refractivity contribution is 0.130. The predicted octanol–water partition coefficient (Wildman–Crippen LogP) is 0.257. The molecule has 2 rings (SSSR count). The Labute approximate surface area is 97.3 Å². The first-order valence-electron chi connectivity index (χ1n) is 5.45. The first-order chi connectivity index (χ1) is 7.19. The third-order valence-corrected chi connectivity index (χ3v) is 6.02. The van der Waals surface area contributed by atoms with Gasteiger partial charge in [-0.3, -0.25) is 9.20 Å². The third-order valence-electron chi connectivity index (χ3n) is 3.68. The largest absolute Gasteiger partial charge is 0.387 e. The van der Waals surface area contributed by atoms with Gasteiger partial charge >= 0.3 is 0 Å².